The highest BCUT2D eigenvalue weighted by Gasteiger charge is 2.37. The van der Waals surface area contributed by atoms with Crippen molar-refractivity contribution in [1.29, 1.82) is 0 Å². The fraction of sp³-hybridized carbons (Fsp3) is 0.176. The van der Waals surface area contributed by atoms with Gasteiger partial charge in [0.05, 0.1) is 6.54 Å². The number of carbonyl (C=O) groups is 2. The first kappa shape index (κ1) is 13.4. The van der Waals surface area contributed by atoms with Crippen molar-refractivity contribution in [1.82, 2.24) is 5.32 Å². The van der Waals surface area contributed by atoms with Crippen molar-refractivity contribution in [3.05, 3.63) is 65.7 Å². The Kier molecular flexibility index (Phi) is 3.44. The van der Waals surface area contributed by atoms with E-state index in [0.29, 0.717) is 6.54 Å². The molecule has 0 spiro atoms. The van der Waals surface area contributed by atoms with E-state index in [1.165, 1.54) is 6.92 Å². The highest BCUT2D eigenvalue weighted by molar-refractivity contribution is 6.06. The predicted octanol–water partition coefficient (Wildman–Crippen LogP) is 2.41. The number of anilines is 1. The first-order chi connectivity index (χ1) is 10.2. The number of benzene rings is 2. The molecule has 0 unspecified atom stereocenters. The topological polar surface area (TPSA) is 49.4 Å². The highest BCUT2D eigenvalue weighted by Crippen LogP contribution is 2.36. The lowest BCUT2D eigenvalue weighted by atomic mass is 10.1. The molecule has 4 nitrogen and oxygen atoms in total. The molecular formula is C17H16N2O2. The molecule has 0 saturated carbocycles. The number of nitrogens with one attached hydrogen (secondary N) is 1. The summed E-state index contributed by atoms with van der Waals surface area (Å²) in [7, 11) is 0. The average molecular weight is 280 g/mol. The zero-order valence-electron chi connectivity index (χ0n) is 11.7. The normalized spacial score (nSPS) is 16.7. The van der Waals surface area contributed by atoms with Gasteiger partial charge in [-0.1, -0.05) is 48.5 Å². The zero-order valence-corrected chi connectivity index (χ0v) is 11.7. The van der Waals surface area contributed by atoms with E-state index in [1.54, 1.807) is 4.90 Å². The number of nitrogens with zero attached hydrogens (tertiary/aromatic N) is 1. The standard InChI is InChI=1S/C17H16N2O2/c1-12(20)18-16-14-9-5-6-10-15(14)19(17(16)21)11-13-7-3-2-4-8-13/h2-10,16H,11H2,1H3,(H,18,20)/t16-/m1/s1. The average Bonchev–Trinajstić information content (AvgIpc) is 2.74. The first-order valence-corrected chi connectivity index (χ1v) is 6.88. The van der Waals surface area contributed by atoms with Gasteiger partial charge >= 0.3 is 0 Å². The molecule has 0 saturated heterocycles. The number of hydrogen-bond donors (Lipinski definition) is 1. The summed E-state index contributed by atoms with van der Waals surface area (Å²) in [6, 6.07) is 16.8. The van der Waals surface area contributed by atoms with Gasteiger partial charge in [0.1, 0.15) is 6.04 Å². The molecule has 2 aromatic rings. The summed E-state index contributed by atoms with van der Waals surface area (Å²) in [4.78, 5) is 25.7. The Balaban J connectivity index is 1.95. The van der Waals surface area contributed by atoms with Crippen molar-refractivity contribution >= 4 is 17.5 Å². The maximum Gasteiger partial charge on any atom is 0.254 e. The molecule has 0 fully saturated rings. The van der Waals surface area contributed by atoms with E-state index in [2.05, 4.69) is 5.32 Å². The van der Waals surface area contributed by atoms with Crippen LogP contribution in [0.2, 0.25) is 0 Å². The van der Waals surface area contributed by atoms with Gasteiger partial charge in [-0.3, -0.25) is 9.59 Å². The summed E-state index contributed by atoms with van der Waals surface area (Å²) in [6.07, 6.45) is 0. The van der Waals surface area contributed by atoms with Crippen molar-refractivity contribution in [3.8, 4) is 0 Å². The minimum Gasteiger partial charge on any atom is -0.341 e. The van der Waals surface area contributed by atoms with E-state index in [-0.39, 0.29) is 11.8 Å². The van der Waals surface area contributed by atoms with Crippen molar-refractivity contribution < 1.29 is 9.59 Å². The number of fused-ring (bicyclic) bond motifs is 1. The Bertz CT molecular complexity index is 682. The van der Waals surface area contributed by atoms with Crippen LogP contribution in [0.1, 0.15) is 24.1 Å². The van der Waals surface area contributed by atoms with Gasteiger partial charge in [-0.15, -0.1) is 0 Å². The highest BCUT2D eigenvalue weighted by atomic mass is 16.2. The zero-order chi connectivity index (χ0) is 14.8. The van der Waals surface area contributed by atoms with Gasteiger partial charge in [0.25, 0.3) is 5.91 Å². The molecule has 21 heavy (non-hydrogen) atoms. The molecule has 1 N–H and O–H groups in total. The number of carbonyl (C=O) groups excluding carboxylic acids is 2. The first-order valence-electron chi connectivity index (χ1n) is 6.88. The van der Waals surface area contributed by atoms with Crippen LogP contribution in [0.4, 0.5) is 5.69 Å². The fourth-order valence-corrected chi connectivity index (χ4v) is 2.66. The van der Waals surface area contributed by atoms with Gasteiger partial charge in [-0.2, -0.15) is 0 Å². The summed E-state index contributed by atoms with van der Waals surface area (Å²) in [5.41, 5.74) is 2.78. The van der Waals surface area contributed by atoms with E-state index in [9.17, 15) is 9.59 Å². The van der Waals surface area contributed by atoms with E-state index >= 15 is 0 Å². The Morgan fingerprint density at radius 3 is 2.48 bits per heavy atom. The Labute approximate surface area is 123 Å². The van der Waals surface area contributed by atoms with Crippen LogP contribution in [-0.2, 0) is 16.1 Å². The molecule has 4 heteroatoms. The second-order valence-electron chi connectivity index (χ2n) is 5.10. The smallest absolute Gasteiger partial charge is 0.254 e. The van der Waals surface area contributed by atoms with Crippen LogP contribution < -0.4 is 10.2 Å². The summed E-state index contributed by atoms with van der Waals surface area (Å²) in [6.45, 7) is 1.93. The lowest BCUT2D eigenvalue weighted by Crippen LogP contribution is -2.36. The minimum atomic E-state index is -0.581. The molecule has 1 atom stereocenters. The molecule has 0 aromatic heterocycles. The molecule has 2 amide bonds. The van der Waals surface area contributed by atoms with Crippen LogP contribution in [0, 0.1) is 0 Å². The SMILES string of the molecule is CC(=O)N[C@H]1C(=O)N(Cc2ccccc2)c2ccccc21. The third-order valence-electron chi connectivity index (χ3n) is 3.58. The van der Waals surface area contributed by atoms with Gasteiger partial charge in [0.2, 0.25) is 5.91 Å². The van der Waals surface area contributed by atoms with Gasteiger partial charge < -0.3 is 10.2 Å². The molecule has 1 aliphatic heterocycles. The van der Waals surface area contributed by atoms with Crippen molar-refractivity contribution in [3.63, 3.8) is 0 Å². The third-order valence-corrected chi connectivity index (χ3v) is 3.58. The summed E-state index contributed by atoms with van der Waals surface area (Å²) in [5, 5.41) is 2.73. The predicted molar refractivity (Wildman–Crippen MR) is 80.6 cm³/mol. The molecule has 0 bridgehead atoms. The van der Waals surface area contributed by atoms with Crippen molar-refractivity contribution in [2.45, 2.75) is 19.5 Å². The van der Waals surface area contributed by atoms with Crippen LogP contribution >= 0.6 is 0 Å². The fourth-order valence-electron chi connectivity index (χ4n) is 2.66. The Hall–Kier alpha value is -2.62. The quantitative estimate of drug-likeness (QED) is 0.938. The molecule has 106 valence electrons. The van der Waals surface area contributed by atoms with E-state index < -0.39 is 6.04 Å². The minimum absolute atomic E-state index is 0.0877. The molecule has 1 heterocycles. The monoisotopic (exact) mass is 280 g/mol. The maximum atomic E-state index is 12.6. The van der Waals surface area contributed by atoms with Crippen LogP contribution in [-0.4, -0.2) is 11.8 Å². The molecular weight excluding hydrogens is 264 g/mol. The Morgan fingerprint density at radius 2 is 1.76 bits per heavy atom. The number of hydrogen-bond acceptors (Lipinski definition) is 2. The lowest BCUT2D eigenvalue weighted by Gasteiger charge is -2.18. The molecule has 0 radical (unpaired) electrons. The maximum absolute atomic E-state index is 12.6. The number of rotatable bonds is 3. The summed E-state index contributed by atoms with van der Waals surface area (Å²) < 4.78 is 0. The number of amides is 2. The Morgan fingerprint density at radius 1 is 1.10 bits per heavy atom. The van der Waals surface area contributed by atoms with Crippen LogP contribution in [0.5, 0.6) is 0 Å². The van der Waals surface area contributed by atoms with E-state index in [0.717, 1.165) is 16.8 Å². The molecule has 1 aliphatic rings. The summed E-state index contributed by atoms with van der Waals surface area (Å²) >= 11 is 0. The summed E-state index contributed by atoms with van der Waals surface area (Å²) in [5.74, 6) is -0.292. The van der Waals surface area contributed by atoms with Gasteiger partial charge in [0.15, 0.2) is 0 Å². The van der Waals surface area contributed by atoms with E-state index in [1.807, 2.05) is 54.6 Å². The van der Waals surface area contributed by atoms with Crippen molar-refractivity contribution in [2.75, 3.05) is 4.90 Å². The van der Waals surface area contributed by atoms with Crippen LogP contribution in [0.25, 0.3) is 0 Å². The second-order valence-corrected chi connectivity index (χ2v) is 5.10. The molecule has 0 aliphatic carbocycles. The second kappa shape index (κ2) is 5.40. The van der Waals surface area contributed by atoms with Crippen LogP contribution in [0.15, 0.2) is 54.6 Å². The number of para-hydroxylation sites is 1. The van der Waals surface area contributed by atoms with Gasteiger partial charge in [-0.05, 0) is 11.6 Å². The lowest BCUT2D eigenvalue weighted by molar-refractivity contribution is -0.126. The molecule has 2 aromatic carbocycles. The third kappa shape index (κ3) is 2.52. The van der Waals surface area contributed by atoms with Gasteiger partial charge in [-0.25, -0.2) is 0 Å². The van der Waals surface area contributed by atoms with Crippen molar-refractivity contribution in [2.24, 2.45) is 0 Å². The van der Waals surface area contributed by atoms with E-state index in [4.69, 9.17) is 0 Å². The van der Waals surface area contributed by atoms with Crippen LogP contribution in [0.3, 0.4) is 0 Å². The van der Waals surface area contributed by atoms with Gasteiger partial charge in [0, 0.05) is 18.2 Å². The largest absolute Gasteiger partial charge is 0.341 e. The molecule has 3 rings (SSSR count).